The Morgan fingerprint density at radius 3 is 2.50 bits per heavy atom. The normalized spacial score (nSPS) is 11.2. The van der Waals surface area contributed by atoms with Crippen LogP contribution < -0.4 is 14.8 Å². The minimum atomic E-state index is -3.60. The number of aryl methyl sites for hydroxylation is 2. The summed E-state index contributed by atoms with van der Waals surface area (Å²) in [7, 11) is -3.60. The van der Waals surface area contributed by atoms with Gasteiger partial charge in [0.15, 0.2) is 0 Å². The van der Waals surface area contributed by atoms with Crippen LogP contribution in [0.1, 0.15) is 28.4 Å². The van der Waals surface area contributed by atoms with Gasteiger partial charge in [0.1, 0.15) is 12.4 Å². The molecule has 0 bridgehead atoms. The molecule has 0 aliphatic carbocycles. The number of carbonyl (C=O) groups excluding carboxylic acids is 1. The first kappa shape index (κ1) is 19.9. The number of hydrogen-bond donors (Lipinski definition) is 2. The predicted molar refractivity (Wildman–Crippen MR) is 101 cm³/mol. The maximum absolute atomic E-state index is 12.4. The Morgan fingerprint density at radius 2 is 1.81 bits per heavy atom. The third-order valence-corrected chi connectivity index (χ3v) is 5.38. The van der Waals surface area contributed by atoms with Crippen molar-refractivity contribution in [1.82, 2.24) is 10.0 Å². The molecule has 2 aromatic carbocycles. The first-order chi connectivity index (χ1) is 12.3. The van der Waals surface area contributed by atoms with Crippen molar-refractivity contribution in [3.8, 4) is 5.75 Å². The summed E-state index contributed by atoms with van der Waals surface area (Å²) in [6.07, 6.45) is 0. The molecule has 1 amide bonds. The summed E-state index contributed by atoms with van der Waals surface area (Å²) < 4.78 is 32.3. The van der Waals surface area contributed by atoms with Crippen molar-refractivity contribution in [2.45, 2.75) is 25.7 Å². The number of rotatable bonds is 8. The smallest absolute Gasteiger partial charge is 0.251 e. The molecule has 140 valence electrons. The fourth-order valence-corrected chi connectivity index (χ4v) is 3.49. The Morgan fingerprint density at radius 1 is 1.08 bits per heavy atom. The van der Waals surface area contributed by atoms with E-state index in [9.17, 15) is 13.2 Å². The highest BCUT2D eigenvalue weighted by Gasteiger charge is 2.17. The number of carbonyl (C=O) groups is 1. The van der Waals surface area contributed by atoms with Crippen molar-refractivity contribution in [2.24, 2.45) is 0 Å². The van der Waals surface area contributed by atoms with Gasteiger partial charge in [0.25, 0.3) is 5.91 Å². The molecular formula is C19H24N2O4S. The van der Waals surface area contributed by atoms with Crippen molar-refractivity contribution in [2.75, 3.05) is 19.7 Å². The van der Waals surface area contributed by atoms with E-state index in [1.165, 1.54) is 12.1 Å². The van der Waals surface area contributed by atoms with E-state index in [-0.39, 0.29) is 17.3 Å². The van der Waals surface area contributed by atoms with Crippen LogP contribution in [0.4, 0.5) is 0 Å². The number of hydrogen-bond acceptors (Lipinski definition) is 4. The molecule has 0 aliphatic rings. The molecule has 6 nitrogen and oxygen atoms in total. The van der Waals surface area contributed by atoms with Gasteiger partial charge in [0.05, 0.1) is 11.4 Å². The molecule has 0 fully saturated rings. The maximum Gasteiger partial charge on any atom is 0.251 e. The lowest BCUT2D eigenvalue weighted by Crippen LogP contribution is -2.29. The second kappa shape index (κ2) is 8.82. The first-order valence-corrected chi connectivity index (χ1v) is 9.90. The minimum Gasteiger partial charge on any atom is -0.491 e. The SMILES string of the molecule is CCNS(=O)(=O)c1ccc(C)c(C(=O)NCCOc2ccccc2C)c1. The molecule has 0 unspecified atom stereocenters. The number of benzene rings is 2. The van der Waals surface area contributed by atoms with E-state index < -0.39 is 10.0 Å². The maximum atomic E-state index is 12.4. The van der Waals surface area contributed by atoms with E-state index >= 15 is 0 Å². The summed E-state index contributed by atoms with van der Waals surface area (Å²) in [6.45, 7) is 6.35. The fraction of sp³-hybridized carbons (Fsp3) is 0.316. The third-order valence-electron chi connectivity index (χ3n) is 3.84. The lowest BCUT2D eigenvalue weighted by molar-refractivity contribution is 0.0946. The molecule has 0 aliphatic heterocycles. The topological polar surface area (TPSA) is 84.5 Å². The summed E-state index contributed by atoms with van der Waals surface area (Å²) >= 11 is 0. The van der Waals surface area contributed by atoms with Crippen molar-refractivity contribution in [1.29, 1.82) is 0 Å². The lowest BCUT2D eigenvalue weighted by atomic mass is 10.1. The standard InChI is InChI=1S/C19H24N2O4S/c1-4-21-26(23,24)16-10-9-14(2)17(13-16)19(22)20-11-12-25-18-8-6-5-7-15(18)3/h5-10,13,21H,4,11-12H2,1-3H3,(H,20,22). The lowest BCUT2D eigenvalue weighted by Gasteiger charge is -2.12. The van der Waals surface area contributed by atoms with Crippen LogP contribution in [-0.2, 0) is 10.0 Å². The van der Waals surface area contributed by atoms with E-state index in [0.29, 0.717) is 24.3 Å². The number of ether oxygens (including phenoxy) is 1. The molecule has 2 N–H and O–H groups in total. The van der Waals surface area contributed by atoms with E-state index in [1.54, 1.807) is 19.9 Å². The molecule has 7 heteroatoms. The van der Waals surface area contributed by atoms with Gasteiger partial charge in [-0.15, -0.1) is 0 Å². The Balaban J connectivity index is 2.00. The summed E-state index contributed by atoms with van der Waals surface area (Å²) in [4.78, 5) is 12.5. The molecular weight excluding hydrogens is 352 g/mol. The quantitative estimate of drug-likeness (QED) is 0.693. The highest BCUT2D eigenvalue weighted by Crippen LogP contribution is 2.17. The van der Waals surface area contributed by atoms with Crippen LogP contribution in [0.25, 0.3) is 0 Å². The van der Waals surface area contributed by atoms with Crippen LogP contribution >= 0.6 is 0 Å². The number of sulfonamides is 1. The average Bonchev–Trinajstić information content (AvgIpc) is 2.60. The zero-order valence-corrected chi connectivity index (χ0v) is 16.0. The predicted octanol–water partition coefficient (Wildman–Crippen LogP) is 2.41. The van der Waals surface area contributed by atoms with Gasteiger partial charge < -0.3 is 10.1 Å². The van der Waals surface area contributed by atoms with E-state index in [2.05, 4.69) is 10.0 Å². The van der Waals surface area contributed by atoms with E-state index in [1.807, 2.05) is 31.2 Å². The van der Waals surface area contributed by atoms with Crippen molar-refractivity contribution >= 4 is 15.9 Å². The van der Waals surface area contributed by atoms with Gasteiger partial charge >= 0.3 is 0 Å². The van der Waals surface area contributed by atoms with Crippen LogP contribution in [-0.4, -0.2) is 34.0 Å². The molecule has 2 aromatic rings. The monoisotopic (exact) mass is 376 g/mol. The number of amides is 1. The van der Waals surface area contributed by atoms with Gasteiger partial charge in [-0.2, -0.15) is 0 Å². The molecule has 0 saturated carbocycles. The van der Waals surface area contributed by atoms with E-state index in [0.717, 1.165) is 11.3 Å². The number of para-hydroxylation sites is 1. The van der Waals surface area contributed by atoms with Gasteiger partial charge in [-0.25, -0.2) is 13.1 Å². The third kappa shape index (κ3) is 5.06. The van der Waals surface area contributed by atoms with Crippen molar-refractivity contribution in [3.63, 3.8) is 0 Å². The molecule has 0 spiro atoms. The Labute approximate surface area is 154 Å². The Hall–Kier alpha value is -2.38. The van der Waals surface area contributed by atoms with Crippen LogP contribution in [0.15, 0.2) is 47.4 Å². The van der Waals surface area contributed by atoms with Crippen LogP contribution in [0.2, 0.25) is 0 Å². The minimum absolute atomic E-state index is 0.0752. The molecule has 2 rings (SSSR count). The second-order valence-electron chi connectivity index (χ2n) is 5.85. The molecule has 0 saturated heterocycles. The fourth-order valence-electron chi connectivity index (χ4n) is 2.43. The van der Waals surface area contributed by atoms with Gasteiger partial charge in [-0.3, -0.25) is 4.79 Å². The van der Waals surface area contributed by atoms with Gasteiger partial charge in [0, 0.05) is 12.1 Å². The van der Waals surface area contributed by atoms with Crippen molar-refractivity contribution < 1.29 is 17.9 Å². The second-order valence-corrected chi connectivity index (χ2v) is 7.61. The zero-order chi connectivity index (χ0) is 19.2. The molecule has 0 heterocycles. The molecule has 26 heavy (non-hydrogen) atoms. The van der Waals surface area contributed by atoms with Crippen LogP contribution in [0, 0.1) is 13.8 Å². The van der Waals surface area contributed by atoms with Gasteiger partial charge in [-0.1, -0.05) is 31.2 Å². The molecule has 0 radical (unpaired) electrons. The number of nitrogens with one attached hydrogen (secondary N) is 2. The Bertz CT molecular complexity index is 879. The summed E-state index contributed by atoms with van der Waals surface area (Å²) in [6, 6.07) is 12.2. The average molecular weight is 376 g/mol. The van der Waals surface area contributed by atoms with Crippen molar-refractivity contribution in [3.05, 3.63) is 59.2 Å². The highest BCUT2D eigenvalue weighted by molar-refractivity contribution is 7.89. The summed E-state index contributed by atoms with van der Waals surface area (Å²) in [5, 5.41) is 2.76. The largest absolute Gasteiger partial charge is 0.491 e. The first-order valence-electron chi connectivity index (χ1n) is 8.42. The van der Waals surface area contributed by atoms with Crippen LogP contribution in [0.3, 0.4) is 0 Å². The van der Waals surface area contributed by atoms with Crippen LogP contribution in [0.5, 0.6) is 5.75 Å². The van der Waals surface area contributed by atoms with E-state index in [4.69, 9.17) is 4.74 Å². The zero-order valence-electron chi connectivity index (χ0n) is 15.2. The summed E-state index contributed by atoms with van der Waals surface area (Å²) in [5.74, 6) is 0.445. The Kier molecular flexibility index (Phi) is 6.76. The summed E-state index contributed by atoms with van der Waals surface area (Å²) in [5.41, 5.74) is 2.06. The molecule has 0 aromatic heterocycles. The molecule has 0 atom stereocenters. The highest BCUT2D eigenvalue weighted by atomic mass is 32.2. The van der Waals surface area contributed by atoms with Gasteiger partial charge in [-0.05, 0) is 43.2 Å². The van der Waals surface area contributed by atoms with Gasteiger partial charge in [0.2, 0.25) is 10.0 Å².